The first kappa shape index (κ1) is 16.2. The molecule has 1 aromatic rings. The van der Waals surface area contributed by atoms with Crippen molar-refractivity contribution in [1.29, 1.82) is 0 Å². The molecule has 0 amide bonds. The van der Waals surface area contributed by atoms with E-state index in [1.165, 1.54) is 18.6 Å². The van der Waals surface area contributed by atoms with E-state index in [2.05, 4.69) is 25.9 Å². The summed E-state index contributed by atoms with van der Waals surface area (Å²) in [5, 5.41) is 0. The molecule has 1 aliphatic rings. The predicted octanol–water partition coefficient (Wildman–Crippen LogP) is 3.34. The van der Waals surface area contributed by atoms with Gasteiger partial charge in [-0.25, -0.2) is 4.39 Å². The Hall–Kier alpha value is -1.13. The Kier molecular flexibility index (Phi) is 4.89. The number of methoxy groups -OCH3 is 1. The molecular formula is C17H27FN2O. The van der Waals surface area contributed by atoms with Crippen molar-refractivity contribution in [3.05, 3.63) is 29.6 Å². The topological polar surface area (TPSA) is 38.5 Å². The molecular weight excluding hydrogens is 267 g/mol. The molecule has 0 bridgehead atoms. The van der Waals surface area contributed by atoms with Crippen LogP contribution in [0.5, 0.6) is 5.75 Å². The summed E-state index contributed by atoms with van der Waals surface area (Å²) < 4.78 is 19.1. The lowest BCUT2D eigenvalue weighted by Gasteiger charge is -2.49. The van der Waals surface area contributed by atoms with Crippen LogP contribution in [0.15, 0.2) is 18.2 Å². The second kappa shape index (κ2) is 6.32. The van der Waals surface area contributed by atoms with Crippen LogP contribution in [0, 0.1) is 11.7 Å². The number of halogens is 1. The molecule has 0 spiro atoms. The van der Waals surface area contributed by atoms with Crippen molar-refractivity contribution < 1.29 is 9.13 Å². The van der Waals surface area contributed by atoms with Crippen molar-refractivity contribution in [1.82, 2.24) is 4.90 Å². The molecule has 2 rings (SSSR count). The van der Waals surface area contributed by atoms with Gasteiger partial charge < -0.3 is 15.4 Å². The van der Waals surface area contributed by atoms with Crippen LogP contribution in [0.25, 0.3) is 0 Å². The van der Waals surface area contributed by atoms with Gasteiger partial charge in [0.05, 0.1) is 13.2 Å². The van der Waals surface area contributed by atoms with Crippen LogP contribution in [0.3, 0.4) is 0 Å². The second-order valence-electron chi connectivity index (χ2n) is 6.56. The lowest BCUT2D eigenvalue weighted by molar-refractivity contribution is 0.0491. The highest BCUT2D eigenvalue weighted by atomic mass is 19.1. The van der Waals surface area contributed by atoms with Gasteiger partial charge in [0.1, 0.15) is 11.6 Å². The summed E-state index contributed by atoms with van der Waals surface area (Å²) in [7, 11) is 5.75. The van der Waals surface area contributed by atoms with Crippen molar-refractivity contribution >= 4 is 0 Å². The van der Waals surface area contributed by atoms with Crippen LogP contribution in [0.4, 0.5) is 4.39 Å². The fourth-order valence-corrected chi connectivity index (χ4v) is 3.77. The Morgan fingerprint density at radius 2 is 2.14 bits per heavy atom. The summed E-state index contributed by atoms with van der Waals surface area (Å²) in [5.41, 5.74) is 7.25. The van der Waals surface area contributed by atoms with E-state index >= 15 is 0 Å². The van der Waals surface area contributed by atoms with E-state index in [9.17, 15) is 4.39 Å². The molecule has 1 aromatic carbocycles. The molecule has 0 saturated heterocycles. The normalized spacial score (nSPS) is 27.7. The van der Waals surface area contributed by atoms with E-state index in [-0.39, 0.29) is 17.4 Å². The number of rotatable bonds is 4. The highest BCUT2D eigenvalue weighted by Crippen LogP contribution is 2.44. The second-order valence-corrected chi connectivity index (χ2v) is 6.56. The highest BCUT2D eigenvalue weighted by molar-refractivity contribution is 5.38. The van der Waals surface area contributed by atoms with Crippen molar-refractivity contribution in [3.8, 4) is 5.75 Å². The van der Waals surface area contributed by atoms with Crippen LogP contribution < -0.4 is 10.5 Å². The quantitative estimate of drug-likeness (QED) is 0.925. The molecule has 4 heteroatoms. The van der Waals surface area contributed by atoms with Gasteiger partial charge >= 0.3 is 0 Å². The molecule has 118 valence electrons. The van der Waals surface area contributed by atoms with E-state index < -0.39 is 0 Å². The molecule has 3 nitrogen and oxygen atoms in total. The van der Waals surface area contributed by atoms with E-state index in [4.69, 9.17) is 10.5 Å². The number of hydrogen-bond acceptors (Lipinski definition) is 3. The first-order valence-electron chi connectivity index (χ1n) is 7.67. The van der Waals surface area contributed by atoms with Gasteiger partial charge in [-0.15, -0.1) is 0 Å². The maximum Gasteiger partial charge on any atom is 0.123 e. The molecule has 0 aliphatic heterocycles. The first-order valence-corrected chi connectivity index (χ1v) is 7.67. The standard InChI is InChI=1S/C17H27FN2O/c1-12-6-5-9-17(11-12,20(2)3)16(19)14-10-13(18)7-8-15(14)21-4/h7-8,10,12,16H,5-6,9,11,19H2,1-4H3. The smallest absolute Gasteiger partial charge is 0.123 e. The van der Waals surface area contributed by atoms with Crippen molar-refractivity contribution in [2.45, 2.75) is 44.2 Å². The Morgan fingerprint density at radius 3 is 2.71 bits per heavy atom. The lowest BCUT2D eigenvalue weighted by atomic mass is 9.70. The Balaban J connectivity index is 2.43. The number of ether oxygens (including phenoxy) is 1. The third kappa shape index (κ3) is 3.06. The fraction of sp³-hybridized carbons (Fsp3) is 0.647. The summed E-state index contributed by atoms with van der Waals surface area (Å²) in [6.45, 7) is 2.27. The minimum atomic E-state index is -0.265. The minimum Gasteiger partial charge on any atom is -0.496 e. The molecule has 0 aromatic heterocycles. The molecule has 0 heterocycles. The molecule has 1 aliphatic carbocycles. The largest absolute Gasteiger partial charge is 0.496 e. The molecule has 3 unspecified atom stereocenters. The molecule has 1 saturated carbocycles. The van der Waals surface area contributed by atoms with Gasteiger partial charge in [-0.2, -0.15) is 0 Å². The van der Waals surface area contributed by atoms with Crippen molar-refractivity contribution in [2.75, 3.05) is 21.2 Å². The SMILES string of the molecule is COc1ccc(F)cc1C(N)C1(N(C)C)CCCC(C)C1. The van der Waals surface area contributed by atoms with Crippen LogP contribution >= 0.6 is 0 Å². The number of nitrogens with two attached hydrogens (primary N) is 1. The van der Waals surface area contributed by atoms with Gasteiger partial charge in [-0.1, -0.05) is 19.8 Å². The molecule has 21 heavy (non-hydrogen) atoms. The zero-order valence-corrected chi connectivity index (χ0v) is 13.5. The van der Waals surface area contributed by atoms with Crippen molar-refractivity contribution in [2.24, 2.45) is 11.7 Å². The third-order valence-electron chi connectivity index (χ3n) is 5.00. The first-order chi connectivity index (χ1) is 9.90. The molecule has 0 radical (unpaired) electrons. The van der Waals surface area contributed by atoms with Crippen molar-refractivity contribution in [3.63, 3.8) is 0 Å². The van der Waals surface area contributed by atoms with E-state index in [0.29, 0.717) is 11.7 Å². The number of likely N-dealkylation sites (N-methyl/N-ethyl adjacent to an activating group) is 1. The third-order valence-corrected chi connectivity index (χ3v) is 5.00. The highest BCUT2D eigenvalue weighted by Gasteiger charge is 2.43. The Morgan fingerprint density at radius 1 is 1.43 bits per heavy atom. The monoisotopic (exact) mass is 294 g/mol. The number of nitrogens with zero attached hydrogens (tertiary/aromatic N) is 1. The van der Waals surface area contributed by atoms with Crippen LogP contribution in [-0.2, 0) is 0 Å². The van der Waals surface area contributed by atoms with E-state index in [0.717, 1.165) is 24.8 Å². The van der Waals surface area contributed by atoms with E-state index in [1.54, 1.807) is 13.2 Å². The molecule has 1 fully saturated rings. The van der Waals surface area contributed by atoms with Gasteiger partial charge in [0, 0.05) is 11.1 Å². The minimum absolute atomic E-state index is 0.140. The summed E-state index contributed by atoms with van der Waals surface area (Å²) in [5.74, 6) is 1.04. The maximum absolute atomic E-state index is 13.7. The lowest BCUT2D eigenvalue weighted by Crippen LogP contribution is -2.54. The summed E-state index contributed by atoms with van der Waals surface area (Å²) in [6.07, 6.45) is 4.46. The fourth-order valence-electron chi connectivity index (χ4n) is 3.77. The van der Waals surface area contributed by atoms with Gasteiger partial charge in [0.15, 0.2) is 0 Å². The number of hydrogen-bond donors (Lipinski definition) is 1. The zero-order valence-electron chi connectivity index (χ0n) is 13.5. The molecule has 3 atom stereocenters. The maximum atomic E-state index is 13.7. The van der Waals surface area contributed by atoms with Gasteiger partial charge in [-0.05, 0) is 51.1 Å². The Bertz CT molecular complexity index is 492. The van der Waals surface area contributed by atoms with Crippen LogP contribution in [-0.4, -0.2) is 31.6 Å². The van der Waals surface area contributed by atoms with E-state index in [1.807, 2.05) is 0 Å². The van der Waals surface area contributed by atoms with Crippen LogP contribution in [0.1, 0.15) is 44.2 Å². The average Bonchev–Trinajstić information content (AvgIpc) is 2.46. The summed E-state index contributed by atoms with van der Waals surface area (Å²) in [4.78, 5) is 2.22. The molecule has 2 N–H and O–H groups in total. The average molecular weight is 294 g/mol. The van der Waals surface area contributed by atoms with Crippen LogP contribution in [0.2, 0.25) is 0 Å². The summed E-state index contributed by atoms with van der Waals surface area (Å²) >= 11 is 0. The van der Waals surface area contributed by atoms with Gasteiger partial charge in [0.2, 0.25) is 0 Å². The van der Waals surface area contributed by atoms with Gasteiger partial charge in [0.25, 0.3) is 0 Å². The predicted molar refractivity (Wildman–Crippen MR) is 83.9 cm³/mol. The Labute approximate surface area is 127 Å². The van der Waals surface area contributed by atoms with Gasteiger partial charge in [-0.3, -0.25) is 0 Å². The summed E-state index contributed by atoms with van der Waals surface area (Å²) in [6, 6.07) is 4.34. The number of benzene rings is 1. The zero-order chi connectivity index (χ0) is 15.6.